The minimum absolute atomic E-state index is 0.319. The number of alkyl halides is 6. The molecule has 18 heavy (non-hydrogen) atoms. The van der Waals surface area contributed by atoms with E-state index in [4.69, 9.17) is 5.73 Å². The summed E-state index contributed by atoms with van der Waals surface area (Å²) in [7, 11) is 0. The Morgan fingerprint density at radius 1 is 1.22 bits per heavy atom. The number of halogens is 6. The summed E-state index contributed by atoms with van der Waals surface area (Å²) >= 11 is 0. The maximum absolute atomic E-state index is 12.5. The fourth-order valence-corrected chi connectivity index (χ4v) is 1.34. The van der Waals surface area contributed by atoms with E-state index in [-0.39, 0.29) is 5.69 Å². The second-order valence-corrected chi connectivity index (χ2v) is 3.31. The van der Waals surface area contributed by atoms with Crippen LogP contribution in [0, 0.1) is 6.92 Å². The molecule has 102 valence electrons. The molecule has 3 nitrogen and oxygen atoms in total. The van der Waals surface area contributed by atoms with E-state index in [0.29, 0.717) is 6.20 Å². The predicted molar refractivity (Wildman–Crippen MR) is 48.6 cm³/mol. The average molecular weight is 274 g/mol. The first-order valence-corrected chi connectivity index (χ1v) is 4.57. The maximum atomic E-state index is 12.5. The van der Waals surface area contributed by atoms with E-state index < -0.39 is 36.0 Å². The lowest BCUT2D eigenvalue weighted by Gasteiger charge is -2.18. The van der Waals surface area contributed by atoms with Crippen molar-refractivity contribution in [2.75, 3.05) is 0 Å². The summed E-state index contributed by atoms with van der Waals surface area (Å²) in [5, 5.41) is 0. The molecule has 1 heterocycles. The van der Waals surface area contributed by atoms with Gasteiger partial charge in [0, 0.05) is 18.3 Å². The summed E-state index contributed by atoms with van der Waals surface area (Å²) in [6.07, 6.45) is -9.53. The lowest BCUT2D eigenvalue weighted by molar-refractivity contribution is -0.275. The van der Waals surface area contributed by atoms with Crippen molar-refractivity contribution in [3.63, 3.8) is 0 Å². The molecule has 2 N–H and O–H groups in total. The van der Waals surface area contributed by atoms with Crippen LogP contribution < -0.4 is 10.5 Å². The smallest absolute Gasteiger partial charge is 0.403 e. The van der Waals surface area contributed by atoms with Gasteiger partial charge in [-0.25, -0.2) is 0 Å². The van der Waals surface area contributed by atoms with E-state index in [1.54, 1.807) is 0 Å². The highest BCUT2D eigenvalue weighted by atomic mass is 19.4. The van der Waals surface area contributed by atoms with Gasteiger partial charge >= 0.3 is 12.5 Å². The first kappa shape index (κ1) is 14.6. The normalized spacial score (nSPS) is 12.7. The quantitative estimate of drug-likeness (QED) is 0.843. The van der Waals surface area contributed by atoms with Crippen LogP contribution in [0.3, 0.4) is 0 Å². The van der Waals surface area contributed by atoms with Gasteiger partial charge in [-0.1, -0.05) is 0 Å². The van der Waals surface area contributed by atoms with Crippen LogP contribution in [-0.4, -0.2) is 11.3 Å². The Morgan fingerprint density at radius 3 is 2.17 bits per heavy atom. The molecular weight excluding hydrogens is 266 g/mol. The number of pyridine rings is 1. The highest BCUT2D eigenvalue weighted by Gasteiger charge is 2.38. The zero-order chi connectivity index (χ0) is 14.1. The van der Waals surface area contributed by atoms with Gasteiger partial charge in [0.05, 0.1) is 11.3 Å². The predicted octanol–water partition coefficient (Wildman–Crippen LogP) is 2.77. The largest absolute Gasteiger partial charge is 0.573 e. The Balaban J connectivity index is 3.40. The van der Waals surface area contributed by atoms with Gasteiger partial charge < -0.3 is 10.5 Å². The van der Waals surface area contributed by atoms with Gasteiger partial charge in [-0.05, 0) is 6.92 Å². The summed E-state index contributed by atoms with van der Waals surface area (Å²) in [5.74, 6) is -1.00. The van der Waals surface area contributed by atoms with Gasteiger partial charge in [0.2, 0.25) is 0 Å². The van der Waals surface area contributed by atoms with Gasteiger partial charge in [0.1, 0.15) is 0 Å². The molecule has 0 saturated heterocycles. The fraction of sp³-hybridized carbons (Fsp3) is 0.444. The summed E-state index contributed by atoms with van der Waals surface area (Å²) in [4.78, 5) is 3.24. The molecule has 1 rings (SSSR count). The lowest BCUT2D eigenvalue weighted by Crippen LogP contribution is -2.22. The van der Waals surface area contributed by atoms with Crippen LogP contribution in [0.15, 0.2) is 6.20 Å². The molecule has 0 saturated carbocycles. The Labute approximate surface area is 97.6 Å². The molecular formula is C9H8F6N2O. The van der Waals surface area contributed by atoms with E-state index in [0.717, 1.165) is 6.92 Å². The lowest BCUT2D eigenvalue weighted by atomic mass is 10.1. The van der Waals surface area contributed by atoms with Crippen molar-refractivity contribution in [2.45, 2.75) is 26.0 Å². The number of aryl methyl sites for hydroxylation is 1. The highest BCUT2D eigenvalue weighted by molar-refractivity contribution is 5.43. The summed E-state index contributed by atoms with van der Waals surface area (Å²) in [6.45, 7) is 0.351. The number of nitrogens with zero attached hydrogens (tertiary/aromatic N) is 1. The van der Waals surface area contributed by atoms with Gasteiger partial charge in [-0.15, -0.1) is 13.2 Å². The topological polar surface area (TPSA) is 48.1 Å². The van der Waals surface area contributed by atoms with Gasteiger partial charge in [-0.2, -0.15) is 13.2 Å². The third-order valence-corrected chi connectivity index (χ3v) is 2.04. The van der Waals surface area contributed by atoms with E-state index in [1.807, 2.05) is 0 Å². The molecule has 0 bridgehead atoms. The van der Waals surface area contributed by atoms with Crippen LogP contribution in [0.2, 0.25) is 0 Å². The third-order valence-electron chi connectivity index (χ3n) is 2.04. The second-order valence-electron chi connectivity index (χ2n) is 3.31. The number of hydrogen-bond donors (Lipinski definition) is 1. The average Bonchev–Trinajstić information content (AvgIpc) is 2.17. The molecule has 0 aliphatic heterocycles. The van der Waals surface area contributed by atoms with Crippen molar-refractivity contribution >= 4 is 0 Å². The number of nitrogens with two attached hydrogens (primary N) is 1. The second kappa shape index (κ2) is 4.63. The Morgan fingerprint density at radius 2 is 1.78 bits per heavy atom. The van der Waals surface area contributed by atoms with Crippen LogP contribution in [0.5, 0.6) is 5.75 Å². The van der Waals surface area contributed by atoms with Crippen molar-refractivity contribution in [2.24, 2.45) is 5.73 Å². The van der Waals surface area contributed by atoms with Gasteiger partial charge in [0.25, 0.3) is 0 Å². The molecule has 0 aliphatic carbocycles. The number of rotatable bonds is 2. The minimum atomic E-state index is -5.11. The zero-order valence-electron chi connectivity index (χ0n) is 8.99. The van der Waals surface area contributed by atoms with E-state index >= 15 is 0 Å². The first-order chi connectivity index (χ1) is 8.06. The number of hydrogen-bond acceptors (Lipinski definition) is 3. The van der Waals surface area contributed by atoms with Crippen molar-refractivity contribution in [3.05, 3.63) is 23.0 Å². The van der Waals surface area contributed by atoms with Crippen molar-refractivity contribution in [1.82, 2.24) is 4.98 Å². The molecule has 0 radical (unpaired) electrons. The molecule has 0 unspecified atom stereocenters. The van der Waals surface area contributed by atoms with Crippen molar-refractivity contribution < 1.29 is 31.1 Å². The molecule has 1 aromatic heterocycles. The third kappa shape index (κ3) is 3.25. The summed E-state index contributed by atoms with van der Waals surface area (Å²) in [5.41, 5.74) is 2.63. The van der Waals surface area contributed by atoms with Crippen LogP contribution in [0.1, 0.15) is 16.8 Å². The van der Waals surface area contributed by atoms with Crippen molar-refractivity contribution in [1.29, 1.82) is 0 Å². The Bertz CT molecular complexity index is 440. The van der Waals surface area contributed by atoms with E-state index in [2.05, 4.69) is 9.72 Å². The monoisotopic (exact) mass is 274 g/mol. The van der Waals surface area contributed by atoms with Gasteiger partial charge in [0.15, 0.2) is 5.75 Å². The molecule has 0 fully saturated rings. The molecule has 1 aromatic rings. The van der Waals surface area contributed by atoms with Crippen molar-refractivity contribution in [3.8, 4) is 5.75 Å². The first-order valence-electron chi connectivity index (χ1n) is 4.57. The number of ether oxygens (including phenoxy) is 1. The molecule has 0 spiro atoms. The highest BCUT2D eigenvalue weighted by Crippen LogP contribution is 2.38. The SMILES string of the molecule is Cc1ncc(C(F)(F)F)c(CN)c1OC(F)(F)F. The molecule has 0 aliphatic rings. The molecule has 0 amide bonds. The standard InChI is InChI=1S/C9H8F6N2O/c1-4-7(18-9(13,14)15)5(2-16)6(3-17-4)8(10,11)12/h3H,2,16H2,1H3. The maximum Gasteiger partial charge on any atom is 0.573 e. The fourth-order valence-electron chi connectivity index (χ4n) is 1.34. The van der Waals surface area contributed by atoms with E-state index in [9.17, 15) is 26.3 Å². The molecule has 0 aromatic carbocycles. The molecule has 0 atom stereocenters. The van der Waals surface area contributed by atoms with Crippen LogP contribution in [0.25, 0.3) is 0 Å². The minimum Gasteiger partial charge on any atom is -0.403 e. The molecule has 9 heteroatoms. The number of aromatic nitrogens is 1. The van der Waals surface area contributed by atoms with Crippen LogP contribution in [0.4, 0.5) is 26.3 Å². The summed E-state index contributed by atoms with van der Waals surface area (Å²) in [6, 6.07) is 0. The van der Waals surface area contributed by atoms with Crippen LogP contribution in [-0.2, 0) is 12.7 Å². The van der Waals surface area contributed by atoms with Gasteiger partial charge in [-0.3, -0.25) is 4.98 Å². The summed E-state index contributed by atoms with van der Waals surface area (Å²) < 4.78 is 77.5. The Kier molecular flexibility index (Phi) is 3.75. The zero-order valence-corrected chi connectivity index (χ0v) is 8.99. The Hall–Kier alpha value is -1.51. The van der Waals surface area contributed by atoms with E-state index in [1.165, 1.54) is 0 Å². The van der Waals surface area contributed by atoms with Crippen LogP contribution >= 0.6 is 0 Å².